The van der Waals surface area contributed by atoms with Gasteiger partial charge >= 0.3 is 0 Å². The zero-order valence-electron chi connectivity index (χ0n) is 13.2. The maximum Gasteiger partial charge on any atom is 0.260 e. The zero-order chi connectivity index (χ0) is 16.4. The van der Waals surface area contributed by atoms with Crippen LogP contribution in [0.25, 0.3) is 0 Å². The lowest BCUT2D eigenvalue weighted by Gasteiger charge is -2.21. The lowest BCUT2D eigenvalue weighted by Crippen LogP contribution is -2.41. The van der Waals surface area contributed by atoms with Crippen LogP contribution in [0, 0.1) is 11.8 Å². The van der Waals surface area contributed by atoms with Crippen LogP contribution < -0.4 is 10.0 Å². The van der Waals surface area contributed by atoms with Crippen LogP contribution >= 0.6 is 0 Å². The molecule has 8 nitrogen and oxygen atoms in total. The maximum absolute atomic E-state index is 12.3. The van der Waals surface area contributed by atoms with Gasteiger partial charge in [-0.15, -0.1) is 0 Å². The molecule has 2 fully saturated rings. The summed E-state index contributed by atoms with van der Waals surface area (Å²) in [5, 5.41) is 3.33. The van der Waals surface area contributed by atoms with Gasteiger partial charge in [-0.25, -0.2) is 18.1 Å². The molecule has 0 radical (unpaired) electrons. The minimum Gasteiger partial charge on any atom is -0.342 e. The van der Waals surface area contributed by atoms with Gasteiger partial charge in [0.25, 0.3) is 10.0 Å². The third-order valence-electron chi connectivity index (χ3n) is 4.74. The van der Waals surface area contributed by atoms with Crippen LogP contribution in [0.4, 0.5) is 0 Å². The summed E-state index contributed by atoms with van der Waals surface area (Å²) in [6, 6.07) is 0. The number of rotatable bonds is 4. The number of aromatic nitrogens is 2. The van der Waals surface area contributed by atoms with E-state index >= 15 is 0 Å². The summed E-state index contributed by atoms with van der Waals surface area (Å²) >= 11 is 0. The topological polar surface area (TPSA) is 96.3 Å². The molecule has 128 valence electrons. The van der Waals surface area contributed by atoms with Gasteiger partial charge in [0.1, 0.15) is 0 Å². The quantitative estimate of drug-likeness (QED) is 0.744. The molecule has 2 aliphatic heterocycles. The van der Waals surface area contributed by atoms with Gasteiger partial charge in [-0.2, -0.15) is 0 Å². The van der Waals surface area contributed by atoms with Crippen molar-refractivity contribution in [1.29, 1.82) is 0 Å². The van der Waals surface area contributed by atoms with E-state index < -0.39 is 10.0 Å². The van der Waals surface area contributed by atoms with Crippen LogP contribution in [0.1, 0.15) is 12.8 Å². The molecule has 0 spiro atoms. The largest absolute Gasteiger partial charge is 0.342 e. The number of fused-ring (bicyclic) bond motifs is 1. The van der Waals surface area contributed by atoms with E-state index in [4.69, 9.17) is 0 Å². The monoisotopic (exact) mass is 341 g/mol. The zero-order valence-corrected chi connectivity index (χ0v) is 14.1. The van der Waals surface area contributed by atoms with Crippen LogP contribution in [-0.2, 0) is 21.9 Å². The van der Waals surface area contributed by atoms with Crippen molar-refractivity contribution >= 4 is 15.9 Å². The fraction of sp³-hybridized carbons (Fsp3) is 0.714. The Hall–Kier alpha value is -1.45. The molecular formula is C14H23N5O3S. The summed E-state index contributed by atoms with van der Waals surface area (Å²) in [5.74, 6) is 1.11. The average Bonchev–Trinajstić information content (AvgIpc) is 3.10. The Bertz CT molecular complexity index is 658. The van der Waals surface area contributed by atoms with Gasteiger partial charge in [-0.1, -0.05) is 0 Å². The van der Waals surface area contributed by atoms with Crippen LogP contribution in [0.5, 0.6) is 0 Å². The van der Waals surface area contributed by atoms with Crippen LogP contribution in [0.3, 0.4) is 0 Å². The highest BCUT2D eigenvalue weighted by atomic mass is 32.2. The molecule has 2 atom stereocenters. The number of nitrogens with zero attached hydrogens (tertiary/aromatic N) is 3. The van der Waals surface area contributed by atoms with Crippen molar-refractivity contribution < 1.29 is 13.2 Å². The summed E-state index contributed by atoms with van der Waals surface area (Å²) in [5.41, 5.74) is 0. The fourth-order valence-corrected chi connectivity index (χ4v) is 4.29. The van der Waals surface area contributed by atoms with E-state index in [0.717, 1.165) is 25.9 Å². The van der Waals surface area contributed by atoms with Crippen LogP contribution in [-0.4, -0.2) is 61.5 Å². The third kappa shape index (κ3) is 3.73. The van der Waals surface area contributed by atoms with E-state index in [1.165, 1.54) is 12.5 Å². The number of likely N-dealkylation sites (tertiary alicyclic amines) is 1. The number of hydrogen-bond donors (Lipinski definition) is 2. The second-order valence-electron chi connectivity index (χ2n) is 6.34. The highest BCUT2D eigenvalue weighted by Gasteiger charge is 2.31. The molecular weight excluding hydrogens is 318 g/mol. The molecule has 0 unspecified atom stereocenters. The Morgan fingerprint density at radius 2 is 2.00 bits per heavy atom. The molecule has 2 saturated heterocycles. The lowest BCUT2D eigenvalue weighted by atomic mass is 9.92. The fourth-order valence-electron chi connectivity index (χ4n) is 3.34. The Balaban J connectivity index is 1.55. The van der Waals surface area contributed by atoms with Gasteiger partial charge < -0.3 is 14.8 Å². The number of aryl methyl sites for hydroxylation is 1. The number of hydrogen-bond acceptors (Lipinski definition) is 5. The summed E-state index contributed by atoms with van der Waals surface area (Å²) < 4.78 is 28.1. The van der Waals surface area contributed by atoms with Crippen molar-refractivity contribution in [2.24, 2.45) is 18.9 Å². The van der Waals surface area contributed by atoms with Gasteiger partial charge in [0.05, 0.1) is 12.9 Å². The molecule has 9 heteroatoms. The Labute approximate surface area is 136 Å². The van der Waals surface area contributed by atoms with E-state index in [1.54, 1.807) is 16.5 Å². The number of carbonyl (C=O) groups excluding carboxylic acids is 1. The molecule has 0 bridgehead atoms. The van der Waals surface area contributed by atoms with Crippen molar-refractivity contribution in [3.63, 3.8) is 0 Å². The molecule has 3 heterocycles. The van der Waals surface area contributed by atoms with Crippen molar-refractivity contribution in [3.05, 3.63) is 12.5 Å². The molecule has 0 saturated carbocycles. The molecule has 1 aromatic rings. The van der Waals surface area contributed by atoms with Crippen LogP contribution in [0.15, 0.2) is 17.6 Å². The summed E-state index contributed by atoms with van der Waals surface area (Å²) in [6.07, 6.45) is 4.79. The number of sulfonamides is 1. The highest BCUT2D eigenvalue weighted by molar-refractivity contribution is 7.89. The van der Waals surface area contributed by atoms with E-state index in [-0.39, 0.29) is 17.5 Å². The van der Waals surface area contributed by atoms with E-state index in [0.29, 0.717) is 24.9 Å². The SMILES string of the molecule is Cn1cnc(S(=O)(=O)NCC(=O)N2CC[C@@H]3CNC[C@@H]3CC2)c1. The maximum atomic E-state index is 12.3. The Morgan fingerprint density at radius 1 is 1.35 bits per heavy atom. The van der Waals surface area contributed by atoms with Crippen molar-refractivity contribution in [3.8, 4) is 0 Å². The summed E-state index contributed by atoms with van der Waals surface area (Å²) in [4.78, 5) is 17.9. The second kappa shape index (κ2) is 6.58. The first-order chi connectivity index (χ1) is 11.0. The predicted molar refractivity (Wildman–Crippen MR) is 84.1 cm³/mol. The molecule has 2 N–H and O–H groups in total. The van der Waals surface area contributed by atoms with Crippen molar-refractivity contribution in [2.45, 2.75) is 17.9 Å². The van der Waals surface area contributed by atoms with E-state index in [2.05, 4.69) is 15.0 Å². The van der Waals surface area contributed by atoms with Crippen molar-refractivity contribution in [2.75, 3.05) is 32.7 Å². The Kier molecular flexibility index (Phi) is 4.69. The van der Waals surface area contributed by atoms with Gasteiger partial charge in [-0.05, 0) is 37.8 Å². The van der Waals surface area contributed by atoms with Crippen LogP contribution in [0.2, 0.25) is 0 Å². The average molecular weight is 341 g/mol. The minimum atomic E-state index is -3.74. The molecule has 0 aromatic carbocycles. The first-order valence-electron chi connectivity index (χ1n) is 7.92. The van der Waals surface area contributed by atoms with Gasteiger partial charge in [0.2, 0.25) is 5.91 Å². The summed E-state index contributed by atoms with van der Waals surface area (Å²) in [7, 11) is -2.04. The van der Waals surface area contributed by atoms with Gasteiger partial charge in [0.15, 0.2) is 5.03 Å². The third-order valence-corrected chi connectivity index (χ3v) is 6.03. The predicted octanol–water partition coefficient (Wildman–Crippen LogP) is -0.844. The van der Waals surface area contributed by atoms with E-state index in [1.807, 2.05) is 0 Å². The molecule has 23 heavy (non-hydrogen) atoms. The first kappa shape index (κ1) is 16.4. The molecule has 1 aromatic heterocycles. The first-order valence-corrected chi connectivity index (χ1v) is 9.40. The minimum absolute atomic E-state index is 0.0655. The number of imidazole rings is 1. The summed E-state index contributed by atoms with van der Waals surface area (Å²) in [6.45, 7) is 3.24. The molecule has 3 rings (SSSR count). The number of carbonyl (C=O) groups is 1. The Morgan fingerprint density at radius 3 is 2.57 bits per heavy atom. The van der Waals surface area contributed by atoms with E-state index in [9.17, 15) is 13.2 Å². The molecule has 2 aliphatic rings. The highest BCUT2D eigenvalue weighted by Crippen LogP contribution is 2.27. The smallest absolute Gasteiger partial charge is 0.260 e. The number of nitrogens with one attached hydrogen (secondary N) is 2. The van der Waals surface area contributed by atoms with Crippen molar-refractivity contribution in [1.82, 2.24) is 24.5 Å². The number of amides is 1. The molecule has 1 amide bonds. The lowest BCUT2D eigenvalue weighted by molar-refractivity contribution is -0.129. The second-order valence-corrected chi connectivity index (χ2v) is 8.05. The van der Waals surface area contributed by atoms with Gasteiger partial charge in [0, 0.05) is 26.3 Å². The molecule has 0 aliphatic carbocycles. The standard InChI is InChI=1S/C14H23N5O3S/c1-18-9-13(16-10-18)23(21,22)17-8-14(20)19-4-2-11-6-15-7-12(11)3-5-19/h9-12,15,17H,2-8H2,1H3/t11-,12+. The van der Waals surface area contributed by atoms with Gasteiger partial charge in [-0.3, -0.25) is 4.79 Å². The normalized spacial score (nSPS) is 25.2.